The molecule has 0 bridgehead atoms. The highest BCUT2D eigenvalue weighted by molar-refractivity contribution is 5.72. The van der Waals surface area contributed by atoms with E-state index in [9.17, 15) is 4.39 Å². The van der Waals surface area contributed by atoms with E-state index in [0.29, 0.717) is 6.54 Å². The lowest BCUT2D eigenvalue weighted by molar-refractivity contribution is 0.624. The number of nitrogens with one attached hydrogen (secondary N) is 1. The van der Waals surface area contributed by atoms with Crippen molar-refractivity contribution in [1.29, 1.82) is 0 Å². The van der Waals surface area contributed by atoms with Crippen molar-refractivity contribution in [1.82, 2.24) is 15.1 Å². The zero-order valence-electron chi connectivity index (χ0n) is 12.6. The minimum Gasteiger partial charge on any atom is -0.316 e. The SMILES string of the molecule is CCc1nn(C)c(CC)c1-c1ccc(F)cc1CNC. The van der Waals surface area contributed by atoms with Crippen molar-refractivity contribution in [2.45, 2.75) is 33.2 Å². The van der Waals surface area contributed by atoms with Crippen LogP contribution in [0.25, 0.3) is 11.1 Å². The molecule has 0 saturated carbocycles. The van der Waals surface area contributed by atoms with E-state index in [-0.39, 0.29) is 5.82 Å². The second-order valence-corrected chi connectivity index (χ2v) is 4.93. The summed E-state index contributed by atoms with van der Waals surface area (Å²) in [5, 5.41) is 7.71. The fourth-order valence-electron chi connectivity index (χ4n) is 2.73. The Kier molecular flexibility index (Phi) is 4.55. The number of hydrogen-bond acceptors (Lipinski definition) is 2. The maximum Gasteiger partial charge on any atom is 0.123 e. The van der Waals surface area contributed by atoms with Crippen molar-refractivity contribution in [2.75, 3.05) is 7.05 Å². The number of aryl methyl sites for hydroxylation is 2. The van der Waals surface area contributed by atoms with Crippen molar-refractivity contribution >= 4 is 0 Å². The lowest BCUT2D eigenvalue weighted by atomic mass is 9.95. The third kappa shape index (κ3) is 2.61. The van der Waals surface area contributed by atoms with Crippen LogP contribution in [0.2, 0.25) is 0 Å². The summed E-state index contributed by atoms with van der Waals surface area (Å²) in [6.45, 7) is 4.88. The summed E-state index contributed by atoms with van der Waals surface area (Å²) in [6, 6.07) is 5.01. The Morgan fingerprint density at radius 1 is 1.25 bits per heavy atom. The molecule has 0 fully saturated rings. The lowest BCUT2D eigenvalue weighted by Crippen LogP contribution is -2.07. The molecular weight excluding hydrogens is 253 g/mol. The molecule has 4 heteroatoms. The maximum absolute atomic E-state index is 13.5. The van der Waals surface area contributed by atoms with E-state index in [1.807, 2.05) is 24.8 Å². The highest BCUT2D eigenvalue weighted by atomic mass is 19.1. The Balaban J connectivity index is 2.67. The quantitative estimate of drug-likeness (QED) is 0.909. The van der Waals surface area contributed by atoms with Gasteiger partial charge in [-0.2, -0.15) is 5.10 Å². The van der Waals surface area contributed by atoms with Gasteiger partial charge in [0.2, 0.25) is 0 Å². The lowest BCUT2D eigenvalue weighted by Gasteiger charge is -2.12. The van der Waals surface area contributed by atoms with Gasteiger partial charge in [0.15, 0.2) is 0 Å². The number of nitrogens with zero attached hydrogens (tertiary/aromatic N) is 2. The molecular formula is C16H22FN3. The van der Waals surface area contributed by atoms with Crippen molar-refractivity contribution in [3.63, 3.8) is 0 Å². The van der Waals surface area contributed by atoms with Crippen LogP contribution >= 0.6 is 0 Å². The van der Waals surface area contributed by atoms with Crippen molar-refractivity contribution < 1.29 is 4.39 Å². The Hall–Kier alpha value is -1.68. The standard InChI is InChI=1S/C16H22FN3/c1-5-14-16(15(6-2)20(4)19-14)13-8-7-12(17)9-11(13)10-18-3/h7-9,18H,5-6,10H2,1-4H3. The molecule has 0 aliphatic carbocycles. The van der Waals surface area contributed by atoms with Gasteiger partial charge in [-0.05, 0) is 43.1 Å². The third-order valence-corrected chi connectivity index (χ3v) is 3.61. The molecule has 1 aromatic carbocycles. The van der Waals surface area contributed by atoms with Gasteiger partial charge in [-0.15, -0.1) is 0 Å². The Morgan fingerprint density at radius 2 is 2.00 bits per heavy atom. The highest BCUT2D eigenvalue weighted by Crippen LogP contribution is 2.31. The first-order valence-corrected chi connectivity index (χ1v) is 7.10. The van der Waals surface area contributed by atoms with Crippen LogP contribution in [0.3, 0.4) is 0 Å². The summed E-state index contributed by atoms with van der Waals surface area (Å²) in [5.41, 5.74) is 5.51. The molecule has 0 aliphatic rings. The van der Waals surface area contributed by atoms with Gasteiger partial charge in [-0.25, -0.2) is 4.39 Å². The summed E-state index contributed by atoms with van der Waals surface area (Å²) >= 11 is 0. The van der Waals surface area contributed by atoms with Crippen LogP contribution in [0.5, 0.6) is 0 Å². The Labute approximate surface area is 119 Å². The number of hydrogen-bond donors (Lipinski definition) is 1. The first-order valence-electron chi connectivity index (χ1n) is 7.10. The zero-order valence-corrected chi connectivity index (χ0v) is 12.6. The molecule has 0 saturated heterocycles. The predicted molar refractivity (Wildman–Crippen MR) is 80.1 cm³/mol. The summed E-state index contributed by atoms with van der Waals surface area (Å²) in [6.07, 6.45) is 1.79. The van der Waals surface area contributed by atoms with Crippen LogP contribution in [0.15, 0.2) is 18.2 Å². The molecule has 1 heterocycles. The molecule has 0 atom stereocenters. The predicted octanol–water partition coefficient (Wildman–Crippen LogP) is 3.07. The van der Waals surface area contributed by atoms with Crippen LogP contribution in [-0.4, -0.2) is 16.8 Å². The largest absolute Gasteiger partial charge is 0.316 e. The van der Waals surface area contributed by atoms with Gasteiger partial charge >= 0.3 is 0 Å². The molecule has 2 aromatic rings. The van der Waals surface area contributed by atoms with Crippen molar-refractivity contribution in [3.05, 3.63) is 41.0 Å². The van der Waals surface area contributed by atoms with E-state index in [4.69, 9.17) is 0 Å². The summed E-state index contributed by atoms with van der Waals surface area (Å²) in [7, 11) is 3.85. The Morgan fingerprint density at radius 3 is 2.60 bits per heavy atom. The van der Waals surface area contributed by atoms with Crippen LogP contribution in [0, 0.1) is 5.82 Å². The van der Waals surface area contributed by atoms with E-state index in [1.54, 1.807) is 6.07 Å². The molecule has 0 radical (unpaired) electrons. The average molecular weight is 275 g/mol. The number of halogens is 1. The van der Waals surface area contributed by atoms with E-state index < -0.39 is 0 Å². The van der Waals surface area contributed by atoms with Gasteiger partial charge in [-0.1, -0.05) is 19.9 Å². The molecule has 1 aromatic heterocycles. The maximum atomic E-state index is 13.5. The molecule has 108 valence electrons. The summed E-state index contributed by atoms with van der Waals surface area (Å²) in [4.78, 5) is 0. The number of aromatic nitrogens is 2. The number of rotatable bonds is 5. The first-order chi connectivity index (χ1) is 9.62. The average Bonchev–Trinajstić information content (AvgIpc) is 2.75. The van der Waals surface area contributed by atoms with E-state index in [0.717, 1.165) is 29.7 Å². The molecule has 0 spiro atoms. The minimum atomic E-state index is -0.195. The van der Waals surface area contributed by atoms with Gasteiger partial charge in [0, 0.05) is 24.8 Å². The second kappa shape index (κ2) is 6.18. The third-order valence-electron chi connectivity index (χ3n) is 3.61. The monoisotopic (exact) mass is 275 g/mol. The van der Waals surface area contributed by atoms with Crippen LogP contribution in [0.4, 0.5) is 4.39 Å². The molecule has 20 heavy (non-hydrogen) atoms. The second-order valence-electron chi connectivity index (χ2n) is 4.93. The highest BCUT2D eigenvalue weighted by Gasteiger charge is 2.18. The summed E-state index contributed by atoms with van der Waals surface area (Å²) in [5.74, 6) is -0.195. The van der Waals surface area contributed by atoms with Crippen molar-refractivity contribution in [2.24, 2.45) is 7.05 Å². The Bertz CT molecular complexity index is 602. The first kappa shape index (κ1) is 14.7. The van der Waals surface area contributed by atoms with E-state index in [2.05, 4.69) is 24.3 Å². The normalized spacial score (nSPS) is 11.1. The summed E-state index contributed by atoms with van der Waals surface area (Å²) < 4.78 is 15.5. The number of benzene rings is 1. The van der Waals surface area contributed by atoms with Crippen molar-refractivity contribution in [3.8, 4) is 11.1 Å². The van der Waals surface area contributed by atoms with Crippen LogP contribution in [0.1, 0.15) is 30.8 Å². The zero-order chi connectivity index (χ0) is 14.7. The van der Waals surface area contributed by atoms with Crippen LogP contribution < -0.4 is 5.32 Å². The smallest absolute Gasteiger partial charge is 0.123 e. The van der Waals surface area contributed by atoms with E-state index >= 15 is 0 Å². The molecule has 0 amide bonds. The van der Waals surface area contributed by atoms with Crippen LogP contribution in [-0.2, 0) is 26.4 Å². The van der Waals surface area contributed by atoms with E-state index in [1.165, 1.54) is 17.3 Å². The fourth-order valence-corrected chi connectivity index (χ4v) is 2.73. The minimum absolute atomic E-state index is 0.195. The van der Waals surface area contributed by atoms with Gasteiger partial charge in [0.1, 0.15) is 5.82 Å². The van der Waals surface area contributed by atoms with Gasteiger partial charge < -0.3 is 5.32 Å². The molecule has 0 unspecified atom stereocenters. The topological polar surface area (TPSA) is 29.9 Å². The van der Waals surface area contributed by atoms with Gasteiger partial charge in [-0.3, -0.25) is 4.68 Å². The molecule has 2 rings (SSSR count). The molecule has 1 N–H and O–H groups in total. The molecule has 0 aliphatic heterocycles. The fraction of sp³-hybridized carbons (Fsp3) is 0.438. The molecule has 3 nitrogen and oxygen atoms in total. The van der Waals surface area contributed by atoms with Gasteiger partial charge in [0.25, 0.3) is 0 Å². The van der Waals surface area contributed by atoms with Gasteiger partial charge in [0.05, 0.1) is 5.69 Å².